The first kappa shape index (κ1) is 16.0. The molecule has 0 aliphatic heterocycles. The molecule has 0 atom stereocenters. The van der Waals surface area contributed by atoms with Crippen LogP contribution in [0.4, 0.5) is 0 Å². The van der Waals surface area contributed by atoms with Gasteiger partial charge < -0.3 is 0 Å². The quantitative estimate of drug-likeness (QED) is 0.591. The molecule has 2 aromatic rings. The standard InChI is InChI=1S/C15H11BrCl2N2O/c1-9(10-3-2-4-11(16)7-10)19-20-15(21)13-6-5-12(17)8-14(13)18/h2-8H,1H3,(H,20,21)/b19-9+. The Labute approximate surface area is 141 Å². The lowest BCUT2D eigenvalue weighted by molar-refractivity contribution is 0.0955. The van der Waals surface area contributed by atoms with Gasteiger partial charge in [-0.25, -0.2) is 5.43 Å². The van der Waals surface area contributed by atoms with E-state index in [-0.39, 0.29) is 10.9 Å². The molecule has 0 heterocycles. The van der Waals surface area contributed by atoms with Gasteiger partial charge in [0, 0.05) is 9.50 Å². The van der Waals surface area contributed by atoms with Gasteiger partial charge in [0.25, 0.3) is 5.91 Å². The molecule has 108 valence electrons. The van der Waals surface area contributed by atoms with Crippen molar-refractivity contribution in [3.05, 3.63) is 68.1 Å². The Bertz CT molecular complexity index is 717. The second-order valence-corrected chi connectivity index (χ2v) is 6.03. The molecule has 0 bridgehead atoms. The minimum atomic E-state index is -0.383. The maximum absolute atomic E-state index is 12.0. The van der Waals surface area contributed by atoms with Crippen molar-refractivity contribution >= 4 is 50.8 Å². The van der Waals surface area contributed by atoms with Crippen LogP contribution in [-0.2, 0) is 0 Å². The molecule has 0 spiro atoms. The number of amides is 1. The Morgan fingerprint density at radius 3 is 2.62 bits per heavy atom. The number of halogens is 3. The summed E-state index contributed by atoms with van der Waals surface area (Å²) in [5.41, 5.74) is 4.41. The predicted molar refractivity (Wildman–Crippen MR) is 90.3 cm³/mol. The zero-order valence-electron chi connectivity index (χ0n) is 11.0. The molecular formula is C15H11BrCl2N2O. The van der Waals surface area contributed by atoms with Crippen LogP contribution >= 0.6 is 39.1 Å². The van der Waals surface area contributed by atoms with Gasteiger partial charge in [0.05, 0.1) is 16.3 Å². The first-order chi connectivity index (χ1) is 9.97. The van der Waals surface area contributed by atoms with Crippen molar-refractivity contribution in [2.45, 2.75) is 6.92 Å². The summed E-state index contributed by atoms with van der Waals surface area (Å²) in [6.45, 7) is 1.81. The lowest BCUT2D eigenvalue weighted by Crippen LogP contribution is -2.19. The van der Waals surface area contributed by atoms with E-state index in [1.165, 1.54) is 6.07 Å². The Hall–Kier alpha value is -1.36. The predicted octanol–water partition coefficient (Wildman–Crippen LogP) is 4.91. The average molecular weight is 386 g/mol. The Kier molecular flexibility index (Phi) is 5.39. The van der Waals surface area contributed by atoms with Gasteiger partial charge in [-0.05, 0) is 42.8 Å². The van der Waals surface area contributed by atoms with Crippen molar-refractivity contribution in [2.75, 3.05) is 0 Å². The van der Waals surface area contributed by atoms with Crippen LogP contribution in [0, 0.1) is 0 Å². The third kappa shape index (κ3) is 4.30. The van der Waals surface area contributed by atoms with E-state index in [4.69, 9.17) is 23.2 Å². The van der Waals surface area contributed by atoms with Crippen LogP contribution in [0.15, 0.2) is 52.0 Å². The summed E-state index contributed by atoms with van der Waals surface area (Å²) in [4.78, 5) is 12.0. The van der Waals surface area contributed by atoms with Crippen molar-refractivity contribution in [1.82, 2.24) is 5.43 Å². The highest BCUT2D eigenvalue weighted by atomic mass is 79.9. The van der Waals surface area contributed by atoms with E-state index in [0.29, 0.717) is 16.3 Å². The molecular weight excluding hydrogens is 375 g/mol. The van der Waals surface area contributed by atoms with Crippen molar-refractivity contribution in [1.29, 1.82) is 0 Å². The Morgan fingerprint density at radius 2 is 1.95 bits per heavy atom. The number of carbonyl (C=O) groups excluding carboxylic acids is 1. The third-order valence-electron chi connectivity index (χ3n) is 2.74. The SMILES string of the molecule is C/C(=N\NC(=O)c1ccc(Cl)cc1Cl)c1cccc(Br)c1. The highest BCUT2D eigenvalue weighted by Crippen LogP contribution is 2.20. The number of rotatable bonds is 3. The minimum Gasteiger partial charge on any atom is -0.267 e. The summed E-state index contributed by atoms with van der Waals surface area (Å²) in [5.74, 6) is -0.383. The molecule has 2 aromatic carbocycles. The van der Waals surface area contributed by atoms with Crippen LogP contribution in [0.2, 0.25) is 10.0 Å². The van der Waals surface area contributed by atoms with Gasteiger partial charge in [-0.15, -0.1) is 0 Å². The Morgan fingerprint density at radius 1 is 1.19 bits per heavy atom. The van der Waals surface area contributed by atoms with E-state index in [2.05, 4.69) is 26.5 Å². The molecule has 2 rings (SSSR count). The monoisotopic (exact) mass is 384 g/mol. The summed E-state index contributed by atoms with van der Waals surface area (Å²) in [7, 11) is 0. The van der Waals surface area contributed by atoms with Gasteiger partial charge in [0.15, 0.2) is 0 Å². The summed E-state index contributed by atoms with van der Waals surface area (Å²) in [6, 6.07) is 12.3. The van der Waals surface area contributed by atoms with E-state index in [1.807, 2.05) is 31.2 Å². The van der Waals surface area contributed by atoms with Crippen LogP contribution in [-0.4, -0.2) is 11.6 Å². The van der Waals surface area contributed by atoms with E-state index < -0.39 is 0 Å². The molecule has 0 saturated heterocycles. The summed E-state index contributed by atoms with van der Waals surface area (Å²) < 4.78 is 0.946. The zero-order chi connectivity index (χ0) is 15.4. The van der Waals surface area contributed by atoms with Crippen molar-refractivity contribution in [3.8, 4) is 0 Å². The first-order valence-electron chi connectivity index (χ1n) is 6.03. The fourth-order valence-corrected chi connectivity index (χ4v) is 2.54. The maximum Gasteiger partial charge on any atom is 0.272 e. The molecule has 0 fully saturated rings. The molecule has 21 heavy (non-hydrogen) atoms. The van der Waals surface area contributed by atoms with Crippen molar-refractivity contribution in [2.24, 2.45) is 5.10 Å². The number of hydrazone groups is 1. The first-order valence-corrected chi connectivity index (χ1v) is 7.58. The van der Waals surface area contributed by atoms with E-state index in [9.17, 15) is 4.79 Å². The molecule has 0 saturated carbocycles. The van der Waals surface area contributed by atoms with E-state index in [0.717, 1.165) is 10.0 Å². The summed E-state index contributed by atoms with van der Waals surface area (Å²) in [5, 5.41) is 4.84. The second kappa shape index (κ2) is 7.07. The van der Waals surface area contributed by atoms with Crippen LogP contribution in [0.1, 0.15) is 22.8 Å². The molecule has 3 nitrogen and oxygen atoms in total. The lowest BCUT2D eigenvalue weighted by Gasteiger charge is -2.05. The fraction of sp³-hybridized carbons (Fsp3) is 0.0667. The van der Waals surface area contributed by atoms with Crippen molar-refractivity contribution in [3.63, 3.8) is 0 Å². The minimum absolute atomic E-state index is 0.287. The van der Waals surface area contributed by atoms with Gasteiger partial charge in [0.1, 0.15) is 0 Å². The highest BCUT2D eigenvalue weighted by Gasteiger charge is 2.10. The van der Waals surface area contributed by atoms with Gasteiger partial charge >= 0.3 is 0 Å². The molecule has 0 unspecified atom stereocenters. The van der Waals surface area contributed by atoms with Crippen LogP contribution in [0.25, 0.3) is 0 Å². The molecule has 1 amide bonds. The number of hydrogen-bond acceptors (Lipinski definition) is 2. The van der Waals surface area contributed by atoms with Gasteiger partial charge in [-0.2, -0.15) is 5.10 Å². The number of nitrogens with one attached hydrogen (secondary N) is 1. The van der Waals surface area contributed by atoms with E-state index >= 15 is 0 Å². The highest BCUT2D eigenvalue weighted by molar-refractivity contribution is 9.10. The topological polar surface area (TPSA) is 41.5 Å². The molecule has 0 aliphatic rings. The average Bonchev–Trinajstić information content (AvgIpc) is 2.44. The molecule has 1 N–H and O–H groups in total. The maximum atomic E-state index is 12.0. The lowest BCUT2D eigenvalue weighted by atomic mass is 10.1. The zero-order valence-corrected chi connectivity index (χ0v) is 14.1. The van der Waals surface area contributed by atoms with Crippen LogP contribution in [0.5, 0.6) is 0 Å². The number of carbonyl (C=O) groups is 1. The second-order valence-electron chi connectivity index (χ2n) is 4.27. The van der Waals surface area contributed by atoms with Gasteiger partial charge in [-0.1, -0.05) is 51.3 Å². The molecule has 0 radical (unpaired) electrons. The van der Waals surface area contributed by atoms with Gasteiger partial charge in [0.2, 0.25) is 0 Å². The summed E-state index contributed by atoms with van der Waals surface area (Å²) in [6.07, 6.45) is 0. The largest absolute Gasteiger partial charge is 0.272 e. The fourth-order valence-electron chi connectivity index (χ4n) is 1.65. The third-order valence-corrected chi connectivity index (χ3v) is 3.78. The number of hydrogen-bond donors (Lipinski definition) is 1. The summed E-state index contributed by atoms with van der Waals surface area (Å²) >= 11 is 15.2. The molecule has 0 aliphatic carbocycles. The van der Waals surface area contributed by atoms with Crippen molar-refractivity contribution < 1.29 is 4.79 Å². The normalized spacial score (nSPS) is 11.3. The van der Waals surface area contributed by atoms with Gasteiger partial charge in [-0.3, -0.25) is 4.79 Å². The Balaban J connectivity index is 2.14. The smallest absolute Gasteiger partial charge is 0.267 e. The number of benzene rings is 2. The van der Waals surface area contributed by atoms with E-state index in [1.54, 1.807) is 12.1 Å². The molecule has 6 heteroatoms. The number of nitrogens with zero attached hydrogens (tertiary/aromatic N) is 1. The molecule has 0 aromatic heterocycles. The van der Waals surface area contributed by atoms with Crippen LogP contribution in [0.3, 0.4) is 0 Å². The van der Waals surface area contributed by atoms with Crippen LogP contribution < -0.4 is 5.43 Å².